The lowest BCUT2D eigenvalue weighted by atomic mass is 9.88. The Kier molecular flexibility index (Phi) is 2.18. The Labute approximate surface area is 98.7 Å². The number of hydrogen-bond acceptors (Lipinski definition) is 2. The summed E-state index contributed by atoms with van der Waals surface area (Å²) in [5, 5.41) is 3.92. The minimum Gasteiger partial charge on any atom is -0.293 e. The van der Waals surface area contributed by atoms with Gasteiger partial charge in [-0.05, 0) is 29.9 Å². The normalized spacial score (nSPS) is 17.0. The Morgan fingerprint density at radius 3 is 2.44 bits per heavy atom. The maximum Gasteiger partial charge on any atom is 0.174 e. The molecule has 1 nitrogen and oxygen atoms in total. The Balaban J connectivity index is 1.98. The molecule has 1 saturated carbocycles. The summed E-state index contributed by atoms with van der Waals surface area (Å²) in [7, 11) is 0. The molecule has 80 valence electrons. The number of hydrogen-bond donors (Lipinski definition) is 0. The van der Waals surface area contributed by atoms with E-state index in [0.717, 1.165) is 18.4 Å². The first-order valence-electron chi connectivity index (χ1n) is 5.45. The number of carbonyl (C=O) groups is 1. The number of ketones is 1. The van der Waals surface area contributed by atoms with Crippen LogP contribution in [0.3, 0.4) is 0 Å². The van der Waals surface area contributed by atoms with Gasteiger partial charge in [-0.15, -0.1) is 0 Å². The second-order valence-corrected chi connectivity index (χ2v) is 5.07. The molecule has 0 atom stereocenters. The molecule has 0 aliphatic heterocycles. The van der Waals surface area contributed by atoms with E-state index in [2.05, 4.69) is 12.1 Å². The molecule has 1 fully saturated rings. The van der Waals surface area contributed by atoms with Crippen molar-refractivity contribution >= 4 is 17.1 Å². The summed E-state index contributed by atoms with van der Waals surface area (Å²) in [6, 6.07) is 12.1. The van der Waals surface area contributed by atoms with Gasteiger partial charge in [-0.25, -0.2) is 0 Å². The third kappa shape index (κ3) is 1.41. The fourth-order valence-corrected chi connectivity index (χ4v) is 2.83. The van der Waals surface area contributed by atoms with Gasteiger partial charge in [-0.2, -0.15) is 11.3 Å². The maximum absolute atomic E-state index is 12.4. The first kappa shape index (κ1) is 9.79. The average molecular weight is 228 g/mol. The molecule has 0 saturated heterocycles. The second kappa shape index (κ2) is 3.56. The van der Waals surface area contributed by atoms with Crippen molar-refractivity contribution in [2.24, 2.45) is 0 Å². The van der Waals surface area contributed by atoms with Crippen molar-refractivity contribution in [2.75, 3.05) is 0 Å². The highest BCUT2D eigenvalue weighted by Crippen LogP contribution is 2.50. The number of rotatable bonds is 3. The molecule has 0 radical (unpaired) electrons. The summed E-state index contributed by atoms with van der Waals surface area (Å²) in [4.78, 5) is 12.4. The van der Waals surface area contributed by atoms with Crippen LogP contribution in [0.2, 0.25) is 0 Å². The van der Waals surface area contributed by atoms with E-state index in [1.165, 1.54) is 5.56 Å². The monoisotopic (exact) mass is 228 g/mol. The highest BCUT2D eigenvalue weighted by molar-refractivity contribution is 7.08. The number of benzene rings is 1. The quantitative estimate of drug-likeness (QED) is 0.733. The fourth-order valence-electron chi connectivity index (χ4n) is 2.20. The summed E-state index contributed by atoms with van der Waals surface area (Å²) in [6.07, 6.45) is 1.98. The summed E-state index contributed by atoms with van der Waals surface area (Å²) in [6.45, 7) is 0. The SMILES string of the molecule is O=C(c1ccsc1)C1(c2ccccc2)CC1. The Morgan fingerprint density at radius 1 is 1.12 bits per heavy atom. The fraction of sp³-hybridized carbons (Fsp3) is 0.214. The minimum absolute atomic E-state index is 0.206. The summed E-state index contributed by atoms with van der Waals surface area (Å²) < 4.78 is 0. The van der Waals surface area contributed by atoms with Crippen molar-refractivity contribution in [1.82, 2.24) is 0 Å². The lowest BCUT2D eigenvalue weighted by molar-refractivity contribution is 0.0946. The third-order valence-electron chi connectivity index (χ3n) is 3.29. The molecule has 0 unspecified atom stereocenters. The van der Waals surface area contributed by atoms with Gasteiger partial charge >= 0.3 is 0 Å². The van der Waals surface area contributed by atoms with E-state index in [4.69, 9.17) is 0 Å². The van der Waals surface area contributed by atoms with Crippen LogP contribution in [-0.2, 0) is 5.41 Å². The zero-order valence-electron chi connectivity index (χ0n) is 8.85. The molecule has 1 aromatic heterocycles. The van der Waals surface area contributed by atoms with E-state index in [1.807, 2.05) is 35.0 Å². The van der Waals surface area contributed by atoms with Crippen LogP contribution in [-0.4, -0.2) is 5.78 Å². The number of carbonyl (C=O) groups excluding carboxylic acids is 1. The van der Waals surface area contributed by atoms with Crippen molar-refractivity contribution in [2.45, 2.75) is 18.3 Å². The van der Waals surface area contributed by atoms with Gasteiger partial charge < -0.3 is 0 Å². The molecule has 0 N–H and O–H groups in total. The van der Waals surface area contributed by atoms with Crippen LogP contribution in [0.15, 0.2) is 47.2 Å². The van der Waals surface area contributed by atoms with E-state index in [0.29, 0.717) is 5.78 Å². The highest BCUT2D eigenvalue weighted by atomic mass is 32.1. The van der Waals surface area contributed by atoms with Crippen LogP contribution in [0, 0.1) is 0 Å². The van der Waals surface area contributed by atoms with Crippen LogP contribution in [0.1, 0.15) is 28.8 Å². The first-order chi connectivity index (χ1) is 7.83. The van der Waals surface area contributed by atoms with Gasteiger partial charge in [0.05, 0.1) is 5.41 Å². The van der Waals surface area contributed by atoms with Gasteiger partial charge in [0.25, 0.3) is 0 Å². The first-order valence-corrected chi connectivity index (χ1v) is 6.40. The molecule has 1 aliphatic carbocycles. The standard InChI is InChI=1S/C14H12OS/c15-13(11-6-9-16-10-11)14(7-8-14)12-4-2-1-3-5-12/h1-6,9-10H,7-8H2. The van der Waals surface area contributed by atoms with Crippen molar-refractivity contribution in [3.8, 4) is 0 Å². The smallest absolute Gasteiger partial charge is 0.174 e. The molecule has 16 heavy (non-hydrogen) atoms. The molecule has 2 aromatic rings. The lowest BCUT2D eigenvalue weighted by Gasteiger charge is -2.13. The van der Waals surface area contributed by atoms with Crippen molar-refractivity contribution < 1.29 is 4.79 Å². The molecular formula is C14H12OS. The predicted octanol–water partition coefficient (Wildman–Crippen LogP) is 3.66. The zero-order valence-corrected chi connectivity index (χ0v) is 9.67. The highest BCUT2D eigenvalue weighted by Gasteiger charge is 2.51. The molecule has 0 spiro atoms. The van der Waals surface area contributed by atoms with Crippen LogP contribution < -0.4 is 0 Å². The Hall–Kier alpha value is -1.41. The Bertz CT molecular complexity index is 495. The average Bonchev–Trinajstić information content (AvgIpc) is 2.97. The van der Waals surface area contributed by atoms with Crippen molar-refractivity contribution in [3.05, 3.63) is 58.3 Å². The summed E-state index contributed by atoms with van der Waals surface area (Å²) in [5.74, 6) is 0.292. The minimum atomic E-state index is -0.206. The molecule has 1 aromatic carbocycles. The predicted molar refractivity (Wildman–Crippen MR) is 66.0 cm³/mol. The van der Waals surface area contributed by atoms with E-state index in [-0.39, 0.29) is 5.41 Å². The van der Waals surface area contributed by atoms with Gasteiger partial charge in [0.1, 0.15) is 0 Å². The number of thiophene rings is 1. The molecule has 1 heterocycles. The molecule has 3 rings (SSSR count). The third-order valence-corrected chi connectivity index (χ3v) is 3.98. The molecule has 1 aliphatic rings. The van der Waals surface area contributed by atoms with E-state index in [1.54, 1.807) is 11.3 Å². The summed E-state index contributed by atoms with van der Waals surface area (Å²) in [5.41, 5.74) is 1.83. The zero-order chi connectivity index (χ0) is 11.0. The van der Waals surface area contributed by atoms with Gasteiger partial charge in [0.15, 0.2) is 5.78 Å². The lowest BCUT2D eigenvalue weighted by Crippen LogP contribution is -2.19. The molecule has 0 bridgehead atoms. The topological polar surface area (TPSA) is 17.1 Å². The summed E-state index contributed by atoms with van der Waals surface area (Å²) >= 11 is 1.59. The van der Waals surface area contributed by atoms with E-state index < -0.39 is 0 Å². The van der Waals surface area contributed by atoms with Crippen molar-refractivity contribution in [3.63, 3.8) is 0 Å². The van der Waals surface area contributed by atoms with Crippen LogP contribution in [0.25, 0.3) is 0 Å². The van der Waals surface area contributed by atoms with Crippen LogP contribution in [0.5, 0.6) is 0 Å². The van der Waals surface area contributed by atoms with Crippen LogP contribution in [0.4, 0.5) is 0 Å². The molecule has 0 amide bonds. The van der Waals surface area contributed by atoms with Crippen molar-refractivity contribution in [1.29, 1.82) is 0 Å². The maximum atomic E-state index is 12.4. The van der Waals surface area contributed by atoms with E-state index in [9.17, 15) is 4.79 Å². The number of Topliss-reactive ketones (excluding diaryl/α,β-unsaturated/α-hetero) is 1. The van der Waals surface area contributed by atoms with Gasteiger partial charge in [0, 0.05) is 10.9 Å². The molecular weight excluding hydrogens is 216 g/mol. The Morgan fingerprint density at radius 2 is 1.88 bits per heavy atom. The largest absolute Gasteiger partial charge is 0.293 e. The second-order valence-electron chi connectivity index (χ2n) is 4.29. The molecule has 2 heteroatoms. The van der Waals surface area contributed by atoms with E-state index >= 15 is 0 Å². The van der Waals surface area contributed by atoms with Crippen LogP contribution >= 0.6 is 11.3 Å². The van der Waals surface area contributed by atoms with Gasteiger partial charge in [-0.1, -0.05) is 30.3 Å². The van der Waals surface area contributed by atoms with Gasteiger partial charge in [-0.3, -0.25) is 4.79 Å². The van der Waals surface area contributed by atoms with Gasteiger partial charge in [0.2, 0.25) is 0 Å².